The molecule has 0 aliphatic heterocycles. The van der Waals surface area contributed by atoms with Crippen molar-refractivity contribution in [3.05, 3.63) is 65.5 Å². The molecular formula is C16H15FN2. The molecule has 0 bridgehead atoms. The maximum Gasteiger partial charge on any atom is 0.141 e. The number of nitriles is 1. The van der Waals surface area contributed by atoms with Gasteiger partial charge in [0.1, 0.15) is 11.9 Å². The van der Waals surface area contributed by atoms with Crippen LogP contribution in [0.25, 0.3) is 0 Å². The molecule has 0 unspecified atom stereocenters. The molecule has 0 aliphatic carbocycles. The number of nitrogens with zero attached hydrogens (tertiary/aromatic N) is 1. The number of hydrogen-bond donors (Lipinski definition) is 1. The summed E-state index contributed by atoms with van der Waals surface area (Å²) in [6.07, 6.45) is 1.99. The number of benzene rings is 2. The summed E-state index contributed by atoms with van der Waals surface area (Å²) < 4.78 is 13.1. The first-order chi connectivity index (χ1) is 9.29. The van der Waals surface area contributed by atoms with E-state index in [9.17, 15) is 4.39 Å². The summed E-state index contributed by atoms with van der Waals surface area (Å²) in [7, 11) is 0. The van der Waals surface area contributed by atoms with Crippen LogP contribution in [0.4, 0.5) is 10.1 Å². The molecule has 0 radical (unpaired) electrons. The molecule has 2 aromatic rings. The molecule has 0 saturated carbocycles. The molecule has 0 heterocycles. The zero-order chi connectivity index (χ0) is 13.5. The SMILES string of the molecule is N#Cc1cc(NCCCc2ccccc2)ccc1F. The highest BCUT2D eigenvalue weighted by atomic mass is 19.1. The lowest BCUT2D eigenvalue weighted by atomic mass is 10.1. The second-order valence-corrected chi connectivity index (χ2v) is 4.32. The van der Waals surface area contributed by atoms with Gasteiger partial charge in [-0.05, 0) is 36.6 Å². The Hall–Kier alpha value is -2.34. The third-order valence-electron chi connectivity index (χ3n) is 2.90. The molecule has 0 spiro atoms. The predicted octanol–water partition coefficient (Wildman–Crippen LogP) is 3.74. The highest BCUT2D eigenvalue weighted by molar-refractivity contribution is 5.49. The summed E-state index contributed by atoms with van der Waals surface area (Å²) in [5.41, 5.74) is 2.17. The normalized spacial score (nSPS) is 9.89. The minimum Gasteiger partial charge on any atom is -0.385 e. The molecule has 2 rings (SSSR count). The Kier molecular flexibility index (Phi) is 4.52. The van der Waals surface area contributed by atoms with Gasteiger partial charge in [-0.1, -0.05) is 30.3 Å². The van der Waals surface area contributed by atoms with Gasteiger partial charge >= 0.3 is 0 Å². The molecule has 96 valence electrons. The Labute approximate surface area is 112 Å². The zero-order valence-corrected chi connectivity index (χ0v) is 10.6. The Morgan fingerprint density at radius 3 is 2.63 bits per heavy atom. The molecule has 0 saturated heterocycles. The first kappa shape index (κ1) is 13.1. The van der Waals surface area contributed by atoms with Crippen LogP contribution in [0.2, 0.25) is 0 Å². The summed E-state index contributed by atoms with van der Waals surface area (Å²) in [6.45, 7) is 0.797. The van der Waals surface area contributed by atoms with Crippen molar-refractivity contribution in [3.8, 4) is 6.07 Å². The summed E-state index contributed by atoms with van der Waals surface area (Å²) in [5, 5.41) is 11.9. The number of rotatable bonds is 5. The molecular weight excluding hydrogens is 239 g/mol. The van der Waals surface area contributed by atoms with Crippen molar-refractivity contribution in [1.82, 2.24) is 0 Å². The lowest BCUT2D eigenvalue weighted by Gasteiger charge is -2.07. The fourth-order valence-electron chi connectivity index (χ4n) is 1.89. The third kappa shape index (κ3) is 3.82. The van der Waals surface area contributed by atoms with Crippen molar-refractivity contribution in [2.75, 3.05) is 11.9 Å². The van der Waals surface area contributed by atoms with Crippen LogP contribution in [0.3, 0.4) is 0 Å². The van der Waals surface area contributed by atoms with E-state index in [1.54, 1.807) is 6.07 Å². The minimum absolute atomic E-state index is 0.0769. The minimum atomic E-state index is -0.475. The van der Waals surface area contributed by atoms with E-state index in [-0.39, 0.29) is 5.56 Å². The van der Waals surface area contributed by atoms with Crippen LogP contribution in [0, 0.1) is 17.1 Å². The molecule has 1 N–H and O–H groups in total. The van der Waals surface area contributed by atoms with E-state index >= 15 is 0 Å². The van der Waals surface area contributed by atoms with Crippen LogP contribution >= 0.6 is 0 Å². The average Bonchev–Trinajstić information content (AvgIpc) is 2.46. The maximum absolute atomic E-state index is 13.1. The summed E-state index contributed by atoms with van der Waals surface area (Å²) >= 11 is 0. The molecule has 19 heavy (non-hydrogen) atoms. The van der Waals surface area contributed by atoms with E-state index < -0.39 is 5.82 Å². The van der Waals surface area contributed by atoms with Crippen LogP contribution in [-0.4, -0.2) is 6.54 Å². The van der Waals surface area contributed by atoms with Crippen molar-refractivity contribution >= 4 is 5.69 Å². The van der Waals surface area contributed by atoms with Gasteiger partial charge in [0.15, 0.2) is 0 Å². The smallest absolute Gasteiger partial charge is 0.141 e. The molecule has 0 fully saturated rings. The molecule has 0 amide bonds. The third-order valence-corrected chi connectivity index (χ3v) is 2.90. The van der Waals surface area contributed by atoms with Gasteiger partial charge in [-0.2, -0.15) is 5.26 Å². The number of anilines is 1. The summed E-state index contributed by atoms with van der Waals surface area (Å²) in [4.78, 5) is 0. The first-order valence-corrected chi connectivity index (χ1v) is 6.27. The van der Waals surface area contributed by atoms with E-state index in [0.29, 0.717) is 0 Å². The number of aryl methyl sites for hydroxylation is 1. The van der Waals surface area contributed by atoms with Crippen molar-refractivity contribution < 1.29 is 4.39 Å². The maximum atomic E-state index is 13.1. The first-order valence-electron chi connectivity index (χ1n) is 6.27. The standard InChI is InChI=1S/C16H15FN2/c17-16-9-8-15(11-14(16)12-18)19-10-4-7-13-5-2-1-3-6-13/h1-3,5-6,8-9,11,19H,4,7,10H2. The van der Waals surface area contributed by atoms with Gasteiger partial charge in [0.05, 0.1) is 5.56 Å². The Balaban J connectivity index is 1.82. The highest BCUT2D eigenvalue weighted by Gasteiger charge is 2.02. The Morgan fingerprint density at radius 1 is 1.11 bits per heavy atom. The van der Waals surface area contributed by atoms with Gasteiger partial charge in [0.25, 0.3) is 0 Å². The van der Waals surface area contributed by atoms with Gasteiger partial charge < -0.3 is 5.32 Å². The topological polar surface area (TPSA) is 35.8 Å². The molecule has 0 aliphatic rings. The van der Waals surface area contributed by atoms with Gasteiger partial charge in [0, 0.05) is 12.2 Å². The molecule has 2 nitrogen and oxygen atoms in total. The fraction of sp³-hybridized carbons (Fsp3) is 0.188. The molecule has 0 aromatic heterocycles. The molecule has 2 aromatic carbocycles. The second kappa shape index (κ2) is 6.55. The van der Waals surface area contributed by atoms with Crippen LogP contribution in [0.15, 0.2) is 48.5 Å². The molecule has 3 heteroatoms. The van der Waals surface area contributed by atoms with Gasteiger partial charge in [-0.25, -0.2) is 4.39 Å². The average molecular weight is 254 g/mol. The number of hydrogen-bond acceptors (Lipinski definition) is 2. The van der Waals surface area contributed by atoms with Crippen LogP contribution in [-0.2, 0) is 6.42 Å². The summed E-state index contributed by atoms with van der Waals surface area (Å²) in [6, 6.07) is 16.6. The van der Waals surface area contributed by atoms with E-state index in [2.05, 4.69) is 17.4 Å². The van der Waals surface area contributed by atoms with Crippen molar-refractivity contribution in [2.24, 2.45) is 0 Å². The van der Waals surface area contributed by atoms with Crippen molar-refractivity contribution in [3.63, 3.8) is 0 Å². The largest absolute Gasteiger partial charge is 0.385 e. The van der Waals surface area contributed by atoms with E-state index in [1.807, 2.05) is 24.3 Å². The van der Waals surface area contributed by atoms with Crippen molar-refractivity contribution in [2.45, 2.75) is 12.8 Å². The quantitative estimate of drug-likeness (QED) is 0.825. The lowest BCUT2D eigenvalue weighted by Crippen LogP contribution is -2.03. The van der Waals surface area contributed by atoms with E-state index in [4.69, 9.17) is 5.26 Å². The zero-order valence-electron chi connectivity index (χ0n) is 10.6. The summed E-state index contributed by atoms with van der Waals surface area (Å²) in [5.74, 6) is -0.475. The monoisotopic (exact) mass is 254 g/mol. The van der Waals surface area contributed by atoms with Crippen LogP contribution in [0.1, 0.15) is 17.5 Å². The van der Waals surface area contributed by atoms with Gasteiger partial charge in [0.2, 0.25) is 0 Å². The van der Waals surface area contributed by atoms with Crippen LogP contribution < -0.4 is 5.32 Å². The molecule has 0 atom stereocenters. The fourth-order valence-corrected chi connectivity index (χ4v) is 1.89. The second-order valence-electron chi connectivity index (χ2n) is 4.32. The van der Waals surface area contributed by atoms with Crippen molar-refractivity contribution in [1.29, 1.82) is 5.26 Å². The predicted molar refractivity (Wildman–Crippen MR) is 74.4 cm³/mol. The van der Waals surface area contributed by atoms with Gasteiger partial charge in [-0.15, -0.1) is 0 Å². The van der Waals surface area contributed by atoms with Crippen LogP contribution in [0.5, 0.6) is 0 Å². The Morgan fingerprint density at radius 2 is 1.89 bits per heavy atom. The van der Waals surface area contributed by atoms with E-state index in [1.165, 1.54) is 17.7 Å². The Bertz CT molecular complexity index is 573. The van der Waals surface area contributed by atoms with E-state index in [0.717, 1.165) is 25.1 Å². The lowest BCUT2D eigenvalue weighted by molar-refractivity contribution is 0.624. The highest BCUT2D eigenvalue weighted by Crippen LogP contribution is 2.14. The van der Waals surface area contributed by atoms with Gasteiger partial charge in [-0.3, -0.25) is 0 Å². The number of halogens is 1. The number of nitrogens with one attached hydrogen (secondary N) is 1.